The average molecular weight is 599 g/mol. The molecule has 0 aliphatic heterocycles. The smallest absolute Gasteiger partial charge is 0.200 e. The topological polar surface area (TPSA) is 202 Å². The molecule has 0 saturated heterocycles. The van der Waals surface area contributed by atoms with Crippen LogP contribution in [0.15, 0.2) is 72.8 Å². The molecule has 0 aliphatic rings. The largest absolute Gasteiger partial charge is 0.504 e. The number of phenolic OH excluding ortho intramolecular Hbond substituents is 10. The summed E-state index contributed by atoms with van der Waals surface area (Å²) in [5.41, 5.74) is 3.72. The SMILES string of the molecule is Cc1cc(O)c(O)cc1C(c1ccc(C(c2ccc(O)c(O)c2O)c2ccc(O)c(O)c2O)cc1)c1cc(O)c(O)cc1C. The number of rotatable bonds is 6. The van der Waals surface area contributed by atoms with Crippen LogP contribution in [0.1, 0.15) is 56.3 Å². The van der Waals surface area contributed by atoms with E-state index in [0.29, 0.717) is 33.4 Å². The highest BCUT2D eigenvalue weighted by atomic mass is 16.3. The third-order valence-electron chi connectivity index (χ3n) is 7.90. The van der Waals surface area contributed by atoms with Gasteiger partial charge in [-0.1, -0.05) is 36.4 Å². The van der Waals surface area contributed by atoms with Crippen molar-refractivity contribution in [2.75, 3.05) is 0 Å². The summed E-state index contributed by atoms with van der Waals surface area (Å²) in [4.78, 5) is 0. The van der Waals surface area contributed by atoms with Gasteiger partial charge < -0.3 is 51.1 Å². The molecule has 44 heavy (non-hydrogen) atoms. The van der Waals surface area contributed by atoms with Gasteiger partial charge in [0.05, 0.1) is 0 Å². The molecule has 0 spiro atoms. The number of aromatic hydroxyl groups is 10. The van der Waals surface area contributed by atoms with Crippen LogP contribution >= 0.6 is 0 Å². The van der Waals surface area contributed by atoms with Crippen molar-refractivity contribution in [2.24, 2.45) is 0 Å². The van der Waals surface area contributed by atoms with Crippen LogP contribution in [0.25, 0.3) is 0 Å². The van der Waals surface area contributed by atoms with Gasteiger partial charge in [-0.25, -0.2) is 0 Å². The summed E-state index contributed by atoms with van der Waals surface area (Å²) >= 11 is 0. The van der Waals surface area contributed by atoms with Crippen molar-refractivity contribution < 1.29 is 51.1 Å². The first kappa shape index (κ1) is 29.6. The fraction of sp³-hybridized carbons (Fsp3) is 0.118. The minimum absolute atomic E-state index is 0.0728. The molecule has 10 nitrogen and oxygen atoms in total. The number of phenols is 10. The fourth-order valence-electron chi connectivity index (χ4n) is 5.59. The van der Waals surface area contributed by atoms with Crippen LogP contribution in [-0.2, 0) is 0 Å². The Morgan fingerprint density at radius 3 is 1.02 bits per heavy atom. The molecular formula is C34H30O10. The zero-order valence-corrected chi connectivity index (χ0v) is 23.6. The third kappa shape index (κ3) is 5.02. The molecule has 226 valence electrons. The maximum atomic E-state index is 10.8. The lowest BCUT2D eigenvalue weighted by molar-refractivity contribution is 0.360. The van der Waals surface area contributed by atoms with Crippen LogP contribution < -0.4 is 0 Å². The fourth-order valence-corrected chi connectivity index (χ4v) is 5.59. The Morgan fingerprint density at radius 2 is 0.659 bits per heavy atom. The van der Waals surface area contributed by atoms with Gasteiger partial charge in [0.1, 0.15) is 0 Å². The van der Waals surface area contributed by atoms with E-state index in [1.807, 2.05) is 0 Å². The molecule has 0 atom stereocenters. The first-order valence-corrected chi connectivity index (χ1v) is 13.4. The Balaban J connectivity index is 1.73. The molecule has 0 heterocycles. The summed E-state index contributed by atoms with van der Waals surface area (Å²) in [7, 11) is 0. The lowest BCUT2D eigenvalue weighted by Gasteiger charge is -2.25. The van der Waals surface area contributed by atoms with E-state index >= 15 is 0 Å². The minimum atomic E-state index is -1.01. The van der Waals surface area contributed by atoms with E-state index in [1.54, 1.807) is 38.1 Å². The minimum Gasteiger partial charge on any atom is -0.504 e. The zero-order valence-electron chi connectivity index (χ0n) is 23.6. The first-order chi connectivity index (χ1) is 20.8. The van der Waals surface area contributed by atoms with Crippen LogP contribution in [0.4, 0.5) is 0 Å². The highest BCUT2D eigenvalue weighted by Gasteiger charge is 2.29. The van der Waals surface area contributed by atoms with Gasteiger partial charge in [-0.05, 0) is 83.6 Å². The molecule has 0 unspecified atom stereocenters. The Bertz CT molecular complexity index is 1750. The highest BCUT2D eigenvalue weighted by Crippen LogP contribution is 2.50. The predicted molar refractivity (Wildman–Crippen MR) is 160 cm³/mol. The maximum absolute atomic E-state index is 10.8. The van der Waals surface area contributed by atoms with Gasteiger partial charge in [0, 0.05) is 23.0 Å². The lowest BCUT2D eigenvalue weighted by atomic mass is 9.79. The number of benzene rings is 5. The average Bonchev–Trinajstić information content (AvgIpc) is 2.99. The molecule has 0 saturated carbocycles. The number of hydrogen-bond donors (Lipinski definition) is 10. The second-order valence-electron chi connectivity index (χ2n) is 10.7. The van der Waals surface area contributed by atoms with Crippen molar-refractivity contribution in [1.82, 2.24) is 0 Å². The van der Waals surface area contributed by atoms with Crippen molar-refractivity contribution in [1.29, 1.82) is 0 Å². The van der Waals surface area contributed by atoms with Crippen LogP contribution in [0, 0.1) is 13.8 Å². The lowest BCUT2D eigenvalue weighted by Crippen LogP contribution is -2.09. The van der Waals surface area contributed by atoms with Crippen LogP contribution in [0.5, 0.6) is 57.5 Å². The van der Waals surface area contributed by atoms with E-state index < -0.39 is 46.3 Å². The summed E-state index contributed by atoms with van der Waals surface area (Å²) in [6.07, 6.45) is 0. The Morgan fingerprint density at radius 1 is 0.341 bits per heavy atom. The predicted octanol–water partition coefficient (Wildman–Crippen LogP) is 5.72. The van der Waals surface area contributed by atoms with Gasteiger partial charge in [-0.2, -0.15) is 0 Å². The van der Waals surface area contributed by atoms with Crippen molar-refractivity contribution in [3.05, 3.63) is 117 Å². The van der Waals surface area contributed by atoms with Crippen LogP contribution in [-0.4, -0.2) is 51.1 Å². The van der Waals surface area contributed by atoms with Crippen molar-refractivity contribution in [2.45, 2.75) is 25.7 Å². The molecule has 0 bridgehead atoms. The Kier molecular flexibility index (Phi) is 7.44. The highest BCUT2D eigenvalue weighted by molar-refractivity contribution is 5.64. The van der Waals surface area contributed by atoms with E-state index in [2.05, 4.69) is 0 Å². The van der Waals surface area contributed by atoms with Gasteiger partial charge in [-0.15, -0.1) is 0 Å². The molecule has 10 N–H and O–H groups in total. The monoisotopic (exact) mass is 598 g/mol. The van der Waals surface area contributed by atoms with Crippen molar-refractivity contribution in [3.8, 4) is 57.5 Å². The van der Waals surface area contributed by atoms with E-state index in [0.717, 1.165) is 0 Å². The molecule has 5 rings (SSSR count). The second-order valence-corrected chi connectivity index (χ2v) is 10.7. The number of hydrogen-bond acceptors (Lipinski definition) is 10. The maximum Gasteiger partial charge on any atom is 0.200 e. The number of aryl methyl sites for hydroxylation is 2. The zero-order chi connectivity index (χ0) is 32.0. The second kappa shape index (κ2) is 11.1. The van der Waals surface area contributed by atoms with Gasteiger partial charge in [0.25, 0.3) is 0 Å². The Hall–Kier alpha value is -5.90. The van der Waals surface area contributed by atoms with Crippen LogP contribution in [0.2, 0.25) is 0 Å². The van der Waals surface area contributed by atoms with Gasteiger partial charge >= 0.3 is 0 Å². The van der Waals surface area contributed by atoms with E-state index in [4.69, 9.17) is 0 Å². The quantitative estimate of drug-likeness (QED) is 0.0851. The molecule has 0 radical (unpaired) electrons. The van der Waals surface area contributed by atoms with Gasteiger partial charge in [-0.3, -0.25) is 0 Å². The molecule has 10 heteroatoms. The normalized spacial score (nSPS) is 11.4. The summed E-state index contributed by atoms with van der Waals surface area (Å²) < 4.78 is 0. The third-order valence-corrected chi connectivity index (χ3v) is 7.90. The summed E-state index contributed by atoms with van der Waals surface area (Å²) in [6.45, 7) is 3.50. The summed E-state index contributed by atoms with van der Waals surface area (Å²) in [6, 6.07) is 17.5. The molecule has 5 aromatic carbocycles. The summed E-state index contributed by atoms with van der Waals surface area (Å²) in [5.74, 6) is -6.95. The molecular weight excluding hydrogens is 568 g/mol. The standard InChI is InChI=1S/C34H30O10/c1-15-11-25(37)27(39)13-21(15)30(22-14-28(40)26(38)12-16(22)2)18-5-3-17(4-6-18)29(19-7-9-23(35)33(43)31(19)41)20-8-10-24(36)34(44)32(20)42/h3-14,29-30,35-44H,1-2H3. The molecule has 5 aromatic rings. The summed E-state index contributed by atoms with van der Waals surface area (Å²) in [5, 5.41) is 103. The Labute approximate surface area is 251 Å². The first-order valence-electron chi connectivity index (χ1n) is 13.4. The molecule has 0 aliphatic carbocycles. The molecule has 0 amide bonds. The van der Waals surface area contributed by atoms with Crippen molar-refractivity contribution >= 4 is 0 Å². The van der Waals surface area contributed by atoms with Gasteiger partial charge in [0.2, 0.25) is 11.5 Å². The van der Waals surface area contributed by atoms with E-state index in [9.17, 15) is 51.1 Å². The van der Waals surface area contributed by atoms with Crippen LogP contribution in [0.3, 0.4) is 0 Å². The molecule has 0 fully saturated rings. The van der Waals surface area contributed by atoms with E-state index in [1.165, 1.54) is 48.5 Å². The molecule has 0 aromatic heterocycles. The van der Waals surface area contributed by atoms with Gasteiger partial charge in [0.15, 0.2) is 46.0 Å². The van der Waals surface area contributed by atoms with Crippen molar-refractivity contribution in [3.63, 3.8) is 0 Å². The van der Waals surface area contributed by atoms with E-state index in [-0.39, 0.29) is 34.1 Å².